The molecular formula is C12H17NO2. The smallest absolute Gasteiger partial charge is 0.125 e. The number of hydrogen-bond acceptors (Lipinski definition) is 3. The highest BCUT2D eigenvalue weighted by molar-refractivity contribution is 5.14. The van der Waals surface area contributed by atoms with Crippen LogP contribution in [0.1, 0.15) is 38.5 Å². The summed E-state index contributed by atoms with van der Waals surface area (Å²) in [5.74, 6) is 0. The van der Waals surface area contributed by atoms with Crippen molar-refractivity contribution in [1.82, 2.24) is 4.98 Å². The Morgan fingerprint density at radius 3 is 3.00 bits per heavy atom. The predicted octanol–water partition coefficient (Wildman–Crippen LogP) is 2.07. The number of aromatic nitrogens is 1. The Kier molecular flexibility index (Phi) is 2.76. The van der Waals surface area contributed by atoms with Crippen molar-refractivity contribution in [3.8, 4) is 0 Å². The summed E-state index contributed by atoms with van der Waals surface area (Å²) in [7, 11) is 0. The van der Waals surface area contributed by atoms with E-state index in [1.807, 2.05) is 25.1 Å². The second kappa shape index (κ2) is 3.91. The largest absolute Gasteiger partial charge is 0.384 e. The number of epoxide rings is 1. The molecule has 1 N–H and O–H groups in total. The first-order valence-corrected chi connectivity index (χ1v) is 5.44. The number of pyridine rings is 1. The van der Waals surface area contributed by atoms with Gasteiger partial charge in [-0.25, -0.2) is 0 Å². The van der Waals surface area contributed by atoms with Gasteiger partial charge in [0.1, 0.15) is 12.2 Å². The summed E-state index contributed by atoms with van der Waals surface area (Å²) in [6.45, 7) is 4.17. The number of ether oxygens (including phenoxy) is 1. The zero-order valence-electron chi connectivity index (χ0n) is 9.18. The first-order chi connectivity index (χ1) is 7.17. The normalized spacial score (nSPS) is 31.3. The van der Waals surface area contributed by atoms with Gasteiger partial charge in [-0.15, -0.1) is 0 Å². The van der Waals surface area contributed by atoms with E-state index >= 15 is 0 Å². The Morgan fingerprint density at radius 2 is 2.40 bits per heavy atom. The van der Waals surface area contributed by atoms with Crippen LogP contribution in [0.25, 0.3) is 0 Å². The number of aliphatic hydroxyl groups excluding tert-OH is 1. The molecule has 15 heavy (non-hydrogen) atoms. The molecule has 0 saturated carbocycles. The molecule has 0 spiro atoms. The van der Waals surface area contributed by atoms with Crippen LogP contribution in [0.15, 0.2) is 24.4 Å². The molecule has 0 bridgehead atoms. The molecule has 1 fully saturated rings. The molecule has 1 aliphatic heterocycles. The first kappa shape index (κ1) is 10.6. The standard InChI is InChI=1S/C12H17NO2/c1-3-7-12(2)11(15-12)10(14)9-6-4-5-8-13-9/h4-6,8,10-11,14H,3,7H2,1-2H3. The summed E-state index contributed by atoms with van der Waals surface area (Å²) in [4.78, 5) is 4.14. The fourth-order valence-electron chi connectivity index (χ4n) is 2.06. The molecule has 0 aromatic carbocycles. The second-order valence-electron chi connectivity index (χ2n) is 4.30. The van der Waals surface area contributed by atoms with Gasteiger partial charge in [0.2, 0.25) is 0 Å². The third-order valence-electron chi connectivity index (χ3n) is 2.96. The molecule has 82 valence electrons. The molecule has 3 atom stereocenters. The van der Waals surface area contributed by atoms with Crippen LogP contribution in [0, 0.1) is 0 Å². The van der Waals surface area contributed by atoms with E-state index in [1.54, 1.807) is 6.20 Å². The molecule has 0 amide bonds. The van der Waals surface area contributed by atoms with Gasteiger partial charge >= 0.3 is 0 Å². The van der Waals surface area contributed by atoms with Crippen LogP contribution in [-0.2, 0) is 4.74 Å². The Balaban J connectivity index is 2.03. The Bertz CT molecular complexity index is 328. The van der Waals surface area contributed by atoms with Crippen LogP contribution in [-0.4, -0.2) is 21.8 Å². The summed E-state index contributed by atoms with van der Waals surface area (Å²) in [6.07, 6.45) is 3.07. The van der Waals surface area contributed by atoms with Crippen LogP contribution in [0.3, 0.4) is 0 Å². The number of aliphatic hydroxyl groups is 1. The number of hydrogen-bond donors (Lipinski definition) is 1. The fraction of sp³-hybridized carbons (Fsp3) is 0.583. The fourth-order valence-corrected chi connectivity index (χ4v) is 2.06. The van der Waals surface area contributed by atoms with Crippen molar-refractivity contribution in [1.29, 1.82) is 0 Å². The number of nitrogens with zero attached hydrogens (tertiary/aromatic N) is 1. The van der Waals surface area contributed by atoms with Crippen molar-refractivity contribution >= 4 is 0 Å². The molecule has 1 aromatic heterocycles. The molecule has 3 nitrogen and oxygen atoms in total. The average molecular weight is 207 g/mol. The minimum atomic E-state index is -0.595. The highest BCUT2D eigenvalue weighted by Gasteiger charge is 2.55. The Labute approximate surface area is 90.1 Å². The minimum absolute atomic E-state index is 0.0904. The van der Waals surface area contributed by atoms with Gasteiger partial charge in [-0.3, -0.25) is 4.98 Å². The molecule has 1 saturated heterocycles. The molecular weight excluding hydrogens is 190 g/mol. The number of rotatable bonds is 4. The van der Waals surface area contributed by atoms with Gasteiger partial charge in [0.15, 0.2) is 0 Å². The molecule has 1 aliphatic rings. The summed E-state index contributed by atoms with van der Waals surface area (Å²) in [6, 6.07) is 5.55. The van der Waals surface area contributed by atoms with Crippen molar-refractivity contribution in [2.45, 2.75) is 44.5 Å². The van der Waals surface area contributed by atoms with Crippen LogP contribution >= 0.6 is 0 Å². The van der Waals surface area contributed by atoms with Crippen molar-refractivity contribution in [3.63, 3.8) is 0 Å². The summed E-state index contributed by atoms with van der Waals surface area (Å²) in [5.41, 5.74) is 0.549. The van der Waals surface area contributed by atoms with E-state index in [1.165, 1.54) is 0 Å². The molecule has 3 unspecified atom stereocenters. The zero-order chi connectivity index (χ0) is 10.9. The lowest BCUT2D eigenvalue weighted by Crippen LogP contribution is -2.16. The summed E-state index contributed by atoms with van der Waals surface area (Å²) >= 11 is 0. The van der Waals surface area contributed by atoms with Gasteiger partial charge in [-0.1, -0.05) is 19.4 Å². The molecule has 0 radical (unpaired) electrons. The van der Waals surface area contributed by atoms with Gasteiger partial charge in [0.05, 0.1) is 11.3 Å². The maximum Gasteiger partial charge on any atom is 0.125 e. The van der Waals surface area contributed by atoms with E-state index in [0.29, 0.717) is 5.69 Å². The minimum Gasteiger partial charge on any atom is -0.384 e. The highest BCUT2D eigenvalue weighted by atomic mass is 16.6. The molecule has 0 aliphatic carbocycles. The molecule has 1 aromatic rings. The van der Waals surface area contributed by atoms with Gasteiger partial charge in [0.25, 0.3) is 0 Å². The average Bonchev–Trinajstić information content (AvgIpc) is 2.91. The lowest BCUT2D eigenvalue weighted by atomic mass is 9.97. The van der Waals surface area contributed by atoms with Crippen molar-refractivity contribution in [2.75, 3.05) is 0 Å². The quantitative estimate of drug-likeness (QED) is 0.769. The van der Waals surface area contributed by atoms with E-state index in [-0.39, 0.29) is 11.7 Å². The molecule has 2 heterocycles. The van der Waals surface area contributed by atoms with E-state index in [9.17, 15) is 5.11 Å². The van der Waals surface area contributed by atoms with Crippen LogP contribution in [0.2, 0.25) is 0 Å². The van der Waals surface area contributed by atoms with Gasteiger partial charge < -0.3 is 9.84 Å². The van der Waals surface area contributed by atoms with Crippen LogP contribution in [0.5, 0.6) is 0 Å². The van der Waals surface area contributed by atoms with Crippen LogP contribution in [0.4, 0.5) is 0 Å². The first-order valence-electron chi connectivity index (χ1n) is 5.44. The third kappa shape index (κ3) is 2.03. The van der Waals surface area contributed by atoms with Gasteiger partial charge in [-0.05, 0) is 25.5 Å². The maximum atomic E-state index is 10.0. The van der Waals surface area contributed by atoms with Gasteiger partial charge in [0, 0.05) is 6.20 Å². The van der Waals surface area contributed by atoms with E-state index in [2.05, 4.69) is 11.9 Å². The summed E-state index contributed by atoms with van der Waals surface area (Å²) in [5, 5.41) is 10.0. The Hall–Kier alpha value is -0.930. The third-order valence-corrected chi connectivity index (χ3v) is 2.96. The van der Waals surface area contributed by atoms with Crippen molar-refractivity contribution in [3.05, 3.63) is 30.1 Å². The summed E-state index contributed by atoms with van der Waals surface area (Å²) < 4.78 is 5.57. The second-order valence-corrected chi connectivity index (χ2v) is 4.30. The van der Waals surface area contributed by atoms with Crippen LogP contribution < -0.4 is 0 Å². The topological polar surface area (TPSA) is 45.6 Å². The predicted molar refractivity (Wildman–Crippen MR) is 57.4 cm³/mol. The van der Waals surface area contributed by atoms with E-state index in [4.69, 9.17) is 4.74 Å². The zero-order valence-corrected chi connectivity index (χ0v) is 9.18. The SMILES string of the molecule is CCCC1(C)OC1C(O)c1ccccn1. The lowest BCUT2D eigenvalue weighted by Gasteiger charge is -2.09. The molecule has 3 heteroatoms. The van der Waals surface area contributed by atoms with E-state index < -0.39 is 6.10 Å². The Morgan fingerprint density at radius 1 is 1.60 bits per heavy atom. The van der Waals surface area contributed by atoms with Gasteiger partial charge in [-0.2, -0.15) is 0 Å². The van der Waals surface area contributed by atoms with Crippen molar-refractivity contribution in [2.24, 2.45) is 0 Å². The van der Waals surface area contributed by atoms with E-state index in [0.717, 1.165) is 12.8 Å². The lowest BCUT2D eigenvalue weighted by molar-refractivity contribution is 0.132. The molecule has 2 rings (SSSR count). The maximum absolute atomic E-state index is 10.0. The van der Waals surface area contributed by atoms with Crippen molar-refractivity contribution < 1.29 is 9.84 Å². The monoisotopic (exact) mass is 207 g/mol. The highest BCUT2D eigenvalue weighted by Crippen LogP contribution is 2.46.